The van der Waals surface area contributed by atoms with Crippen molar-refractivity contribution in [1.29, 1.82) is 0 Å². The number of esters is 1. The number of likely N-dealkylation sites (N-methyl/N-ethyl adjacent to an activating group) is 1. The summed E-state index contributed by atoms with van der Waals surface area (Å²) >= 11 is 0. The molecule has 0 atom stereocenters. The van der Waals surface area contributed by atoms with Crippen molar-refractivity contribution in [2.45, 2.75) is 19.8 Å². The first kappa shape index (κ1) is 12.2. The third-order valence-corrected chi connectivity index (χ3v) is 1.67. The van der Waals surface area contributed by atoms with Crippen LogP contribution >= 0.6 is 0 Å². The highest BCUT2D eigenvalue weighted by atomic mass is 16.5. The van der Waals surface area contributed by atoms with Crippen LogP contribution in [-0.4, -0.2) is 37.6 Å². The molecule has 0 radical (unpaired) electrons. The van der Waals surface area contributed by atoms with Gasteiger partial charge in [-0.1, -0.05) is 6.08 Å². The van der Waals surface area contributed by atoms with Crippen LogP contribution in [0.3, 0.4) is 0 Å². The maximum atomic E-state index is 10.9. The van der Waals surface area contributed by atoms with E-state index in [1.807, 2.05) is 20.0 Å². The average molecular weight is 185 g/mol. The molecule has 0 aliphatic carbocycles. The van der Waals surface area contributed by atoms with E-state index >= 15 is 0 Å². The van der Waals surface area contributed by atoms with Crippen LogP contribution in [0.1, 0.15) is 19.8 Å². The zero-order valence-corrected chi connectivity index (χ0v) is 8.58. The Morgan fingerprint density at radius 3 is 2.85 bits per heavy atom. The van der Waals surface area contributed by atoms with Crippen LogP contribution in [0.25, 0.3) is 0 Å². The fraction of sp³-hybridized carbons (Fsp3) is 0.700. The molecule has 3 nitrogen and oxygen atoms in total. The lowest BCUT2D eigenvalue weighted by Gasteiger charge is -2.12. The Labute approximate surface area is 80.4 Å². The van der Waals surface area contributed by atoms with E-state index in [-0.39, 0.29) is 5.97 Å². The summed E-state index contributed by atoms with van der Waals surface area (Å²) in [4.78, 5) is 13.0. The first-order valence-electron chi connectivity index (χ1n) is 4.65. The van der Waals surface area contributed by atoms with E-state index in [1.54, 1.807) is 0 Å². The zero-order valence-electron chi connectivity index (χ0n) is 8.58. The summed E-state index contributed by atoms with van der Waals surface area (Å²) in [7, 11) is 2.01. The molecule has 0 aliphatic heterocycles. The van der Waals surface area contributed by atoms with Crippen LogP contribution < -0.4 is 0 Å². The van der Waals surface area contributed by atoms with Gasteiger partial charge in [0.15, 0.2) is 0 Å². The Bertz CT molecular complexity index is 157. The quantitative estimate of drug-likeness (QED) is 0.444. The van der Waals surface area contributed by atoms with Crippen LogP contribution in [0.4, 0.5) is 0 Å². The molecule has 0 aromatic rings. The van der Waals surface area contributed by atoms with E-state index < -0.39 is 0 Å². The Morgan fingerprint density at radius 2 is 2.31 bits per heavy atom. The van der Waals surface area contributed by atoms with Crippen molar-refractivity contribution in [2.75, 3.05) is 26.7 Å². The second-order valence-corrected chi connectivity index (χ2v) is 2.96. The van der Waals surface area contributed by atoms with Crippen molar-refractivity contribution in [3.63, 3.8) is 0 Å². The molecule has 0 spiro atoms. The number of rotatable bonds is 7. The van der Waals surface area contributed by atoms with E-state index in [4.69, 9.17) is 4.74 Å². The van der Waals surface area contributed by atoms with Crippen LogP contribution in [0.5, 0.6) is 0 Å². The molecule has 0 fully saturated rings. The van der Waals surface area contributed by atoms with Gasteiger partial charge in [-0.05, 0) is 26.9 Å². The molecule has 0 rings (SSSR count). The minimum absolute atomic E-state index is 0.102. The van der Waals surface area contributed by atoms with E-state index in [0.29, 0.717) is 13.0 Å². The van der Waals surface area contributed by atoms with E-state index in [9.17, 15) is 4.79 Å². The fourth-order valence-electron chi connectivity index (χ4n) is 1.04. The molecule has 0 amide bonds. The molecular formula is C10H19NO2. The number of ether oxygens (including phenoxy) is 1. The Morgan fingerprint density at radius 1 is 1.62 bits per heavy atom. The van der Waals surface area contributed by atoms with Gasteiger partial charge in [-0.3, -0.25) is 4.79 Å². The Hall–Kier alpha value is -0.830. The van der Waals surface area contributed by atoms with Crippen molar-refractivity contribution >= 4 is 5.97 Å². The zero-order chi connectivity index (χ0) is 10.1. The summed E-state index contributed by atoms with van der Waals surface area (Å²) in [5.74, 6) is -0.102. The first-order chi connectivity index (χ1) is 6.20. The molecule has 76 valence electrons. The largest absolute Gasteiger partial charge is 0.466 e. The molecular weight excluding hydrogens is 166 g/mol. The summed E-state index contributed by atoms with van der Waals surface area (Å²) in [6, 6.07) is 0. The van der Waals surface area contributed by atoms with Gasteiger partial charge >= 0.3 is 5.97 Å². The molecule has 0 saturated heterocycles. The van der Waals surface area contributed by atoms with Gasteiger partial charge in [0.25, 0.3) is 0 Å². The highest BCUT2D eigenvalue weighted by molar-refractivity contribution is 5.69. The summed E-state index contributed by atoms with van der Waals surface area (Å²) in [6.07, 6.45) is 3.21. The third kappa shape index (κ3) is 7.53. The van der Waals surface area contributed by atoms with Gasteiger partial charge in [-0.25, -0.2) is 0 Å². The van der Waals surface area contributed by atoms with E-state index in [1.165, 1.54) is 0 Å². The molecule has 0 heterocycles. The van der Waals surface area contributed by atoms with Gasteiger partial charge in [0.2, 0.25) is 0 Å². The lowest BCUT2D eigenvalue weighted by atomic mass is 10.3. The van der Waals surface area contributed by atoms with Crippen LogP contribution in [0, 0.1) is 0 Å². The molecule has 0 aliphatic rings. The lowest BCUT2D eigenvalue weighted by molar-refractivity contribution is -0.143. The topological polar surface area (TPSA) is 29.5 Å². The van der Waals surface area contributed by atoms with Gasteiger partial charge in [0.1, 0.15) is 0 Å². The van der Waals surface area contributed by atoms with Crippen molar-refractivity contribution in [2.24, 2.45) is 0 Å². The predicted molar refractivity (Wildman–Crippen MR) is 53.6 cm³/mol. The van der Waals surface area contributed by atoms with Crippen LogP contribution in [0.2, 0.25) is 0 Å². The highest BCUT2D eigenvalue weighted by Crippen LogP contribution is 1.95. The number of nitrogens with zero attached hydrogens (tertiary/aromatic N) is 1. The number of carbonyl (C=O) groups excluding carboxylic acids is 1. The molecule has 0 N–H and O–H groups in total. The number of hydrogen-bond acceptors (Lipinski definition) is 3. The smallest absolute Gasteiger partial charge is 0.305 e. The predicted octanol–water partition coefficient (Wildman–Crippen LogP) is 1.45. The van der Waals surface area contributed by atoms with Gasteiger partial charge in [-0.15, -0.1) is 6.58 Å². The second-order valence-electron chi connectivity index (χ2n) is 2.96. The number of carbonyl (C=O) groups is 1. The Balaban J connectivity index is 3.33. The minimum Gasteiger partial charge on any atom is -0.466 e. The van der Waals surface area contributed by atoms with Gasteiger partial charge in [-0.2, -0.15) is 0 Å². The van der Waals surface area contributed by atoms with Gasteiger partial charge < -0.3 is 9.64 Å². The third-order valence-electron chi connectivity index (χ3n) is 1.67. The minimum atomic E-state index is -0.102. The standard InChI is InChI=1S/C10H19NO2/c1-4-8-11(3)9-6-7-10(12)13-5-2/h4H,1,5-9H2,2-3H3. The maximum absolute atomic E-state index is 10.9. The summed E-state index contributed by atoms with van der Waals surface area (Å²) in [5.41, 5.74) is 0. The van der Waals surface area contributed by atoms with Crippen LogP contribution in [0.15, 0.2) is 12.7 Å². The molecule has 0 unspecified atom stereocenters. The SMILES string of the molecule is C=CCN(C)CCCC(=O)OCC. The van der Waals surface area contributed by atoms with E-state index in [2.05, 4.69) is 11.5 Å². The normalized spacial score (nSPS) is 10.1. The highest BCUT2D eigenvalue weighted by Gasteiger charge is 2.02. The summed E-state index contributed by atoms with van der Waals surface area (Å²) < 4.78 is 4.81. The summed E-state index contributed by atoms with van der Waals surface area (Å²) in [6.45, 7) is 7.71. The van der Waals surface area contributed by atoms with Gasteiger partial charge in [0.05, 0.1) is 6.61 Å². The Kier molecular flexibility index (Phi) is 7.30. The molecule has 0 aromatic heterocycles. The average Bonchev–Trinajstić information content (AvgIpc) is 2.05. The molecule has 3 heteroatoms. The monoisotopic (exact) mass is 185 g/mol. The van der Waals surface area contributed by atoms with Crippen molar-refractivity contribution < 1.29 is 9.53 Å². The van der Waals surface area contributed by atoms with Gasteiger partial charge in [0, 0.05) is 13.0 Å². The van der Waals surface area contributed by atoms with Crippen molar-refractivity contribution in [3.05, 3.63) is 12.7 Å². The molecule has 13 heavy (non-hydrogen) atoms. The fourth-order valence-corrected chi connectivity index (χ4v) is 1.04. The number of hydrogen-bond donors (Lipinski definition) is 0. The second kappa shape index (κ2) is 7.80. The van der Waals surface area contributed by atoms with Crippen molar-refractivity contribution in [3.8, 4) is 0 Å². The molecule has 0 aromatic carbocycles. The summed E-state index contributed by atoms with van der Waals surface area (Å²) in [5, 5.41) is 0. The first-order valence-corrected chi connectivity index (χ1v) is 4.65. The lowest BCUT2D eigenvalue weighted by Crippen LogP contribution is -2.20. The molecule has 0 saturated carbocycles. The van der Waals surface area contributed by atoms with E-state index in [0.717, 1.165) is 19.5 Å². The maximum Gasteiger partial charge on any atom is 0.305 e. The van der Waals surface area contributed by atoms with Crippen molar-refractivity contribution in [1.82, 2.24) is 4.90 Å². The van der Waals surface area contributed by atoms with Crippen LogP contribution in [-0.2, 0) is 9.53 Å². The molecule has 0 bridgehead atoms.